The van der Waals surface area contributed by atoms with Crippen LogP contribution in [0.4, 0.5) is 0 Å². The molecule has 1 aliphatic heterocycles. The molecule has 2 atom stereocenters. The number of rotatable bonds is 8. The SMILES string of the molecule is COc1ccc(CCNC(=O)C2CC(c3cccc(C)c3)CN(C(=O)Cc3ccccc3)C2)cc1. The van der Waals surface area contributed by atoms with Crippen molar-refractivity contribution in [1.82, 2.24) is 10.2 Å². The molecule has 1 saturated heterocycles. The fourth-order valence-electron chi connectivity index (χ4n) is 4.81. The summed E-state index contributed by atoms with van der Waals surface area (Å²) in [6.45, 7) is 3.75. The van der Waals surface area contributed by atoms with Gasteiger partial charge in [0, 0.05) is 25.6 Å². The van der Waals surface area contributed by atoms with Crippen molar-refractivity contribution < 1.29 is 14.3 Å². The van der Waals surface area contributed by atoms with Gasteiger partial charge in [0.25, 0.3) is 0 Å². The van der Waals surface area contributed by atoms with Gasteiger partial charge < -0.3 is 15.0 Å². The average molecular weight is 471 g/mol. The van der Waals surface area contributed by atoms with E-state index in [1.165, 1.54) is 11.1 Å². The van der Waals surface area contributed by atoms with Crippen molar-refractivity contribution in [2.24, 2.45) is 5.92 Å². The van der Waals surface area contributed by atoms with Crippen molar-refractivity contribution in [2.75, 3.05) is 26.7 Å². The summed E-state index contributed by atoms with van der Waals surface area (Å²) in [6, 6.07) is 26.1. The van der Waals surface area contributed by atoms with E-state index in [1.807, 2.05) is 59.5 Å². The molecule has 4 rings (SSSR count). The van der Waals surface area contributed by atoms with Crippen LogP contribution in [0.5, 0.6) is 5.75 Å². The molecule has 5 nitrogen and oxygen atoms in total. The molecule has 2 amide bonds. The normalized spacial score (nSPS) is 17.6. The highest BCUT2D eigenvalue weighted by Gasteiger charge is 2.34. The molecule has 3 aromatic carbocycles. The molecule has 1 N–H and O–H groups in total. The number of carbonyl (C=O) groups excluding carboxylic acids is 2. The first-order valence-electron chi connectivity index (χ1n) is 12.3. The van der Waals surface area contributed by atoms with Crippen molar-refractivity contribution in [2.45, 2.75) is 32.1 Å². The molecule has 5 heteroatoms. The fourth-order valence-corrected chi connectivity index (χ4v) is 4.81. The number of aryl methyl sites for hydroxylation is 1. The fraction of sp³-hybridized carbons (Fsp3) is 0.333. The third-order valence-corrected chi connectivity index (χ3v) is 6.76. The molecule has 0 radical (unpaired) electrons. The molecule has 35 heavy (non-hydrogen) atoms. The lowest BCUT2D eigenvalue weighted by Gasteiger charge is -2.37. The van der Waals surface area contributed by atoms with Crippen LogP contribution >= 0.6 is 0 Å². The van der Waals surface area contributed by atoms with Crippen LogP contribution in [0.3, 0.4) is 0 Å². The van der Waals surface area contributed by atoms with Crippen LogP contribution in [0.1, 0.15) is 34.6 Å². The van der Waals surface area contributed by atoms with Gasteiger partial charge in [-0.25, -0.2) is 0 Å². The van der Waals surface area contributed by atoms with E-state index in [2.05, 4.69) is 36.5 Å². The number of piperidine rings is 1. The molecule has 0 aliphatic carbocycles. The zero-order chi connectivity index (χ0) is 24.6. The van der Waals surface area contributed by atoms with Crippen LogP contribution in [0.2, 0.25) is 0 Å². The van der Waals surface area contributed by atoms with Crippen molar-refractivity contribution >= 4 is 11.8 Å². The van der Waals surface area contributed by atoms with Gasteiger partial charge in [-0.3, -0.25) is 9.59 Å². The number of hydrogen-bond donors (Lipinski definition) is 1. The number of hydrogen-bond acceptors (Lipinski definition) is 3. The maximum Gasteiger partial charge on any atom is 0.227 e. The van der Waals surface area contributed by atoms with Crippen molar-refractivity contribution in [3.05, 3.63) is 101 Å². The quantitative estimate of drug-likeness (QED) is 0.526. The number of nitrogens with zero attached hydrogens (tertiary/aromatic N) is 1. The predicted molar refractivity (Wildman–Crippen MR) is 138 cm³/mol. The van der Waals surface area contributed by atoms with E-state index in [-0.39, 0.29) is 23.7 Å². The van der Waals surface area contributed by atoms with Gasteiger partial charge in [0.05, 0.1) is 19.4 Å². The number of benzene rings is 3. The van der Waals surface area contributed by atoms with Crippen LogP contribution < -0.4 is 10.1 Å². The Hall–Kier alpha value is -3.60. The van der Waals surface area contributed by atoms with Gasteiger partial charge in [0.1, 0.15) is 5.75 Å². The lowest BCUT2D eigenvalue weighted by atomic mass is 9.83. The van der Waals surface area contributed by atoms with E-state index < -0.39 is 0 Å². The van der Waals surface area contributed by atoms with Crippen LogP contribution in [0, 0.1) is 12.8 Å². The third kappa shape index (κ3) is 6.72. The Kier molecular flexibility index (Phi) is 8.19. The molecule has 0 bridgehead atoms. The predicted octanol–water partition coefficient (Wildman–Crippen LogP) is 4.54. The summed E-state index contributed by atoms with van der Waals surface area (Å²) in [5.74, 6) is 0.825. The standard InChI is InChI=1S/C30H34N2O3/c1-22-7-6-10-25(17-22)26-19-27(21-32(20-26)29(33)18-24-8-4-3-5-9-24)30(34)31-16-15-23-11-13-28(35-2)14-12-23/h3-14,17,26-27H,15-16,18-21H2,1-2H3,(H,31,34). The largest absolute Gasteiger partial charge is 0.497 e. The van der Waals surface area contributed by atoms with Crippen molar-refractivity contribution in [3.8, 4) is 5.75 Å². The van der Waals surface area contributed by atoms with Crippen molar-refractivity contribution in [1.29, 1.82) is 0 Å². The second kappa shape index (κ2) is 11.7. The Bertz CT molecular complexity index is 1130. The first kappa shape index (κ1) is 24.5. The number of carbonyl (C=O) groups is 2. The van der Waals surface area contributed by atoms with Crippen molar-refractivity contribution in [3.63, 3.8) is 0 Å². The van der Waals surface area contributed by atoms with E-state index in [0.29, 0.717) is 26.1 Å². The minimum Gasteiger partial charge on any atom is -0.497 e. The maximum absolute atomic E-state index is 13.2. The molecule has 0 spiro atoms. The van der Waals surface area contributed by atoms with Gasteiger partial charge in [-0.15, -0.1) is 0 Å². The molecule has 1 fully saturated rings. The summed E-state index contributed by atoms with van der Waals surface area (Å²) in [4.78, 5) is 28.3. The molecule has 182 valence electrons. The van der Waals surface area contributed by atoms with Crippen LogP contribution in [-0.4, -0.2) is 43.5 Å². The molecule has 0 aromatic heterocycles. The Morgan fingerprint density at radius 3 is 2.43 bits per heavy atom. The topological polar surface area (TPSA) is 58.6 Å². The summed E-state index contributed by atoms with van der Waals surface area (Å²) < 4.78 is 5.21. The summed E-state index contributed by atoms with van der Waals surface area (Å²) in [6.07, 6.45) is 1.85. The minimum absolute atomic E-state index is 0.0216. The van der Waals surface area contributed by atoms with Gasteiger partial charge in [-0.1, -0.05) is 72.3 Å². The molecule has 1 aliphatic rings. The van der Waals surface area contributed by atoms with E-state index in [4.69, 9.17) is 4.74 Å². The van der Waals surface area contributed by atoms with Gasteiger partial charge in [-0.05, 0) is 48.6 Å². The Morgan fingerprint density at radius 1 is 0.943 bits per heavy atom. The van der Waals surface area contributed by atoms with E-state index in [1.54, 1.807) is 7.11 Å². The maximum atomic E-state index is 13.2. The van der Waals surface area contributed by atoms with Gasteiger partial charge >= 0.3 is 0 Å². The molecule has 0 saturated carbocycles. The van der Waals surface area contributed by atoms with Gasteiger partial charge in [-0.2, -0.15) is 0 Å². The molecular weight excluding hydrogens is 436 g/mol. The van der Waals surface area contributed by atoms with Crippen LogP contribution in [0.15, 0.2) is 78.9 Å². The van der Waals surface area contributed by atoms with Crippen LogP contribution in [0.25, 0.3) is 0 Å². The first-order chi connectivity index (χ1) is 17.0. The van der Waals surface area contributed by atoms with E-state index >= 15 is 0 Å². The third-order valence-electron chi connectivity index (χ3n) is 6.76. The summed E-state index contributed by atoms with van der Waals surface area (Å²) in [5, 5.41) is 3.11. The average Bonchev–Trinajstić information content (AvgIpc) is 2.89. The first-order valence-corrected chi connectivity index (χ1v) is 12.3. The van der Waals surface area contributed by atoms with E-state index in [9.17, 15) is 9.59 Å². The summed E-state index contributed by atoms with van der Waals surface area (Å²) in [5.41, 5.74) is 4.52. The number of likely N-dealkylation sites (tertiary alicyclic amines) is 1. The molecule has 3 aromatic rings. The highest BCUT2D eigenvalue weighted by Crippen LogP contribution is 2.31. The highest BCUT2D eigenvalue weighted by molar-refractivity contribution is 5.82. The van der Waals surface area contributed by atoms with Gasteiger partial charge in [0.2, 0.25) is 11.8 Å². The van der Waals surface area contributed by atoms with Gasteiger partial charge in [0.15, 0.2) is 0 Å². The summed E-state index contributed by atoms with van der Waals surface area (Å²) in [7, 11) is 1.65. The zero-order valence-corrected chi connectivity index (χ0v) is 20.6. The Labute approximate surface area is 208 Å². The molecule has 1 heterocycles. The van der Waals surface area contributed by atoms with E-state index in [0.717, 1.165) is 29.7 Å². The molecule has 2 unspecified atom stereocenters. The lowest BCUT2D eigenvalue weighted by Crippen LogP contribution is -2.48. The Balaban J connectivity index is 1.42. The highest BCUT2D eigenvalue weighted by atomic mass is 16.5. The Morgan fingerprint density at radius 2 is 1.71 bits per heavy atom. The number of amides is 2. The summed E-state index contributed by atoms with van der Waals surface area (Å²) >= 11 is 0. The minimum atomic E-state index is -0.232. The lowest BCUT2D eigenvalue weighted by molar-refractivity contribution is -0.135. The smallest absolute Gasteiger partial charge is 0.227 e. The number of nitrogens with one attached hydrogen (secondary N) is 1. The monoisotopic (exact) mass is 470 g/mol. The second-order valence-corrected chi connectivity index (χ2v) is 9.39. The number of ether oxygens (including phenoxy) is 1. The van der Waals surface area contributed by atoms with Crippen LogP contribution in [-0.2, 0) is 22.4 Å². The zero-order valence-electron chi connectivity index (χ0n) is 20.6. The number of methoxy groups -OCH3 is 1. The molecular formula is C30H34N2O3. The second-order valence-electron chi connectivity index (χ2n) is 9.39.